The van der Waals surface area contributed by atoms with Crippen molar-refractivity contribution in [3.8, 4) is 0 Å². The summed E-state index contributed by atoms with van der Waals surface area (Å²) in [5.74, 6) is -0.0898. The van der Waals surface area contributed by atoms with Gasteiger partial charge in [0.15, 0.2) is 11.6 Å². The van der Waals surface area contributed by atoms with Crippen LogP contribution in [0.2, 0.25) is 0 Å². The van der Waals surface area contributed by atoms with E-state index in [2.05, 4.69) is 10.4 Å². The zero-order valence-corrected chi connectivity index (χ0v) is 17.5. The molecular weight excluding hydrogens is 386 g/mol. The Morgan fingerprint density at radius 1 is 0.839 bits per heavy atom. The van der Waals surface area contributed by atoms with E-state index in [1.54, 1.807) is 36.4 Å². The molecule has 5 nitrogen and oxygen atoms in total. The van der Waals surface area contributed by atoms with E-state index >= 15 is 0 Å². The summed E-state index contributed by atoms with van der Waals surface area (Å²) in [4.78, 5) is 26.0. The van der Waals surface area contributed by atoms with Gasteiger partial charge in [-0.3, -0.25) is 14.3 Å². The normalized spacial score (nSPS) is 10.6. The largest absolute Gasteiger partial charge is 0.305 e. The lowest BCUT2D eigenvalue weighted by Gasteiger charge is -2.09. The van der Waals surface area contributed by atoms with Gasteiger partial charge < -0.3 is 5.32 Å². The van der Waals surface area contributed by atoms with E-state index in [4.69, 9.17) is 0 Å². The van der Waals surface area contributed by atoms with Gasteiger partial charge in [-0.05, 0) is 25.5 Å². The smallest absolute Gasteiger partial charge is 0.257 e. The first-order valence-corrected chi connectivity index (χ1v) is 10.1. The van der Waals surface area contributed by atoms with E-state index in [0.29, 0.717) is 29.1 Å². The SMILES string of the molecule is Cc1ccc(C(=O)c2ccccc2C(=O)Nc2cc(C)n(Cc3ccccc3)n2)cc1. The zero-order chi connectivity index (χ0) is 21.8. The van der Waals surface area contributed by atoms with Crippen LogP contribution in [0.15, 0.2) is 84.9 Å². The van der Waals surface area contributed by atoms with Gasteiger partial charge in [0.1, 0.15) is 0 Å². The lowest BCUT2D eigenvalue weighted by Crippen LogP contribution is -2.17. The Bertz CT molecular complexity index is 1230. The number of carbonyl (C=O) groups is 2. The Morgan fingerprint density at radius 2 is 1.48 bits per heavy atom. The predicted octanol–water partition coefficient (Wildman–Crippen LogP) is 5.03. The predicted molar refractivity (Wildman–Crippen MR) is 122 cm³/mol. The molecule has 0 spiro atoms. The quantitative estimate of drug-likeness (QED) is 0.454. The summed E-state index contributed by atoms with van der Waals surface area (Å²) in [6.45, 7) is 4.53. The first-order valence-electron chi connectivity index (χ1n) is 10.1. The number of anilines is 1. The highest BCUT2D eigenvalue weighted by Gasteiger charge is 2.19. The van der Waals surface area contributed by atoms with Crippen LogP contribution >= 0.6 is 0 Å². The van der Waals surface area contributed by atoms with Gasteiger partial charge in [0, 0.05) is 22.9 Å². The second kappa shape index (κ2) is 8.79. The topological polar surface area (TPSA) is 64.0 Å². The van der Waals surface area contributed by atoms with Gasteiger partial charge >= 0.3 is 0 Å². The Labute approximate surface area is 181 Å². The van der Waals surface area contributed by atoms with Crippen LogP contribution in [0.4, 0.5) is 5.82 Å². The van der Waals surface area contributed by atoms with Gasteiger partial charge in [0.05, 0.1) is 12.1 Å². The highest BCUT2D eigenvalue weighted by atomic mass is 16.2. The Hall–Kier alpha value is -3.99. The average Bonchev–Trinajstić information content (AvgIpc) is 3.12. The number of aromatic nitrogens is 2. The Morgan fingerprint density at radius 3 is 2.19 bits per heavy atom. The van der Waals surface area contributed by atoms with E-state index in [1.165, 1.54) is 0 Å². The molecule has 0 unspecified atom stereocenters. The highest BCUT2D eigenvalue weighted by molar-refractivity contribution is 6.17. The van der Waals surface area contributed by atoms with Crippen molar-refractivity contribution in [2.24, 2.45) is 0 Å². The number of carbonyl (C=O) groups excluding carboxylic acids is 2. The van der Waals surface area contributed by atoms with E-state index in [1.807, 2.05) is 67.1 Å². The number of aryl methyl sites for hydroxylation is 2. The molecule has 1 amide bonds. The van der Waals surface area contributed by atoms with Crippen LogP contribution < -0.4 is 5.32 Å². The molecule has 1 N–H and O–H groups in total. The van der Waals surface area contributed by atoms with Crippen molar-refractivity contribution in [2.45, 2.75) is 20.4 Å². The molecule has 154 valence electrons. The van der Waals surface area contributed by atoms with Gasteiger partial charge in [0.25, 0.3) is 5.91 Å². The van der Waals surface area contributed by atoms with Gasteiger partial charge in [-0.2, -0.15) is 5.10 Å². The van der Waals surface area contributed by atoms with Gasteiger partial charge in [-0.15, -0.1) is 0 Å². The van der Waals surface area contributed by atoms with E-state index < -0.39 is 0 Å². The van der Waals surface area contributed by atoms with E-state index in [-0.39, 0.29) is 11.7 Å². The molecule has 5 heteroatoms. The van der Waals surface area contributed by atoms with Crippen molar-refractivity contribution in [1.82, 2.24) is 9.78 Å². The lowest BCUT2D eigenvalue weighted by atomic mass is 9.97. The van der Waals surface area contributed by atoms with Gasteiger partial charge in [-0.1, -0.05) is 78.4 Å². The fraction of sp³-hybridized carbons (Fsp3) is 0.115. The number of ketones is 1. The second-order valence-corrected chi connectivity index (χ2v) is 7.51. The number of hydrogen-bond acceptors (Lipinski definition) is 3. The van der Waals surface area contributed by atoms with Crippen LogP contribution in [-0.4, -0.2) is 21.5 Å². The molecule has 4 aromatic rings. The number of hydrogen-bond donors (Lipinski definition) is 1. The van der Waals surface area contributed by atoms with Crippen molar-refractivity contribution in [3.63, 3.8) is 0 Å². The third-order valence-electron chi connectivity index (χ3n) is 5.13. The van der Waals surface area contributed by atoms with Crippen LogP contribution in [0.1, 0.15) is 43.1 Å². The summed E-state index contributed by atoms with van der Waals surface area (Å²) >= 11 is 0. The fourth-order valence-electron chi connectivity index (χ4n) is 3.41. The minimum absolute atomic E-state index is 0.184. The molecule has 3 aromatic carbocycles. The van der Waals surface area contributed by atoms with Crippen LogP contribution in [0.5, 0.6) is 0 Å². The van der Waals surface area contributed by atoms with Gasteiger partial charge in [-0.25, -0.2) is 0 Å². The van der Waals surface area contributed by atoms with Crippen LogP contribution in [0, 0.1) is 13.8 Å². The molecule has 0 saturated heterocycles. The third kappa shape index (κ3) is 4.61. The maximum atomic E-state index is 13.0. The molecule has 0 fully saturated rings. The second-order valence-electron chi connectivity index (χ2n) is 7.51. The number of nitrogens with zero attached hydrogens (tertiary/aromatic N) is 2. The molecular formula is C26H23N3O2. The molecule has 0 atom stereocenters. The fourth-order valence-corrected chi connectivity index (χ4v) is 3.41. The van der Waals surface area contributed by atoms with Crippen molar-refractivity contribution >= 4 is 17.5 Å². The molecule has 0 aliphatic heterocycles. The summed E-state index contributed by atoms with van der Waals surface area (Å²) in [5, 5.41) is 7.35. The first kappa shape index (κ1) is 20.3. The summed E-state index contributed by atoms with van der Waals surface area (Å²) in [6.07, 6.45) is 0. The van der Waals surface area contributed by atoms with E-state index in [9.17, 15) is 9.59 Å². The molecule has 0 aliphatic carbocycles. The molecule has 1 heterocycles. The monoisotopic (exact) mass is 409 g/mol. The molecule has 0 aliphatic rings. The molecule has 0 bridgehead atoms. The summed E-state index contributed by atoms with van der Waals surface area (Å²) in [7, 11) is 0. The standard InChI is InChI=1S/C26H23N3O2/c1-18-12-14-21(15-13-18)25(30)22-10-6-7-11-23(22)26(31)27-24-16-19(2)29(28-24)17-20-8-4-3-5-9-20/h3-16H,17H2,1-2H3,(H,27,28,31). The average molecular weight is 409 g/mol. The van der Waals surface area contributed by atoms with Crippen molar-refractivity contribution in [3.05, 3.63) is 118 Å². The van der Waals surface area contributed by atoms with Crippen molar-refractivity contribution < 1.29 is 9.59 Å². The minimum Gasteiger partial charge on any atom is -0.305 e. The number of amides is 1. The zero-order valence-electron chi connectivity index (χ0n) is 17.5. The summed E-state index contributed by atoms with van der Waals surface area (Å²) in [6, 6.07) is 26.0. The van der Waals surface area contributed by atoms with Crippen LogP contribution in [-0.2, 0) is 6.54 Å². The van der Waals surface area contributed by atoms with Crippen molar-refractivity contribution in [1.29, 1.82) is 0 Å². The lowest BCUT2D eigenvalue weighted by molar-refractivity contribution is 0.0996. The number of nitrogens with one attached hydrogen (secondary N) is 1. The van der Waals surface area contributed by atoms with E-state index in [0.717, 1.165) is 16.8 Å². The molecule has 0 saturated carbocycles. The maximum absolute atomic E-state index is 13.0. The number of rotatable bonds is 6. The molecule has 0 radical (unpaired) electrons. The van der Waals surface area contributed by atoms with Crippen molar-refractivity contribution in [2.75, 3.05) is 5.32 Å². The third-order valence-corrected chi connectivity index (χ3v) is 5.13. The maximum Gasteiger partial charge on any atom is 0.257 e. The summed E-state index contributed by atoms with van der Waals surface area (Å²) < 4.78 is 1.84. The molecule has 1 aromatic heterocycles. The first-order chi connectivity index (χ1) is 15.0. The minimum atomic E-state index is -0.361. The summed E-state index contributed by atoms with van der Waals surface area (Å²) in [5.41, 5.74) is 4.37. The molecule has 4 rings (SSSR count). The Balaban J connectivity index is 1.55. The number of benzene rings is 3. The molecule has 31 heavy (non-hydrogen) atoms. The van der Waals surface area contributed by atoms with Crippen LogP contribution in [0.25, 0.3) is 0 Å². The van der Waals surface area contributed by atoms with Gasteiger partial charge in [0.2, 0.25) is 0 Å². The Kier molecular flexibility index (Phi) is 5.76. The highest BCUT2D eigenvalue weighted by Crippen LogP contribution is 2.18. The van der Waals surface area contributed by atoms with Crippen LogP contribution in [0.3, 0.4) is 0 Å².